The summed E-state index contributed by atoms with van der Waals surface area (Å²) in [4.78, 5) is 27.1. The summed E-state index contributed by atoms with van der Waals surface area (Å²) in [6.45, 7) is 3.37. The number of fused-ring (bicyclic) bond motifs is 1. The Morgan fingerprint density at radius 1 is 1.14 bits per heavy atom. The number of anilines is 1. The number of hydrogen-bond donors (Lipinski definition) is 3. The Bertz CT molecular complexity index is 953. The molecule has 0 aromatic carbocycles. The van der Waals surface area contributed by atoms with E-state index in [1.165, 1.54) is 11.2 Å². The van der Waals surface area contributed by atoms with Gasteiger partial charge in [-0.2, -0.15) is 5.10 Å². The van der Waals surface area contributed by atoms with Crippen LogP contribution in [0.3, 0.4) is 0 Å². The molecule has 3 rings (SSSR count). The van der Waals surface area contributed by atoms with Crippen LogP contribution in [0.15, 0.2) is 14.5 Å². The van der Waals surface area contributed by atoms with Crippen molar-refractivity contribution in [1.82, 2.24) is 20.2 Å². The van der Waals surface area contributed by atoms with E-state index in [2.05, 4.69) is 15.2 Å². The van der Waals surface area contributed by atoms with Gasteiger partial charge in [-0.3, -0.25) is 19.2 Å². The summed E-state index contributed by atoms with van der Waals surface area (Å²) in [6, 6.07) is 0. The lowest BCUT2D eigenvalue weighted by atomic mass is 10.1. The Morgan fingerprint density at radius 3 is 2.55 bits per heavy atom. The van der Waals surface area contributed by atoms with Crippen molar-refractivity contribution in [3.05, 3.63) is 37.9 Å². The normalized spacial score (nSPS) is 14.9. The fourth-order valence-electron chi connectivity index (χ4n) is 2.73. The molecule has 9 nitrogen and oxygen atoms in total. The number of aromatic amines is 3. The highest BCUT2D eigenvalue weighted by Crippen LogP contribution is 2.32. The Kier molecular flexibility index (Phi) is 3.20. The molecule has 0 bridgehead atoms. The molecular formula is C12H15N5O4S. The van der Waals surface area contributed by atoms with Gasteiger partial charge in [0.2, 0.25) is 0 Å². The van der Waals surface area contributed by atoms with E-state index in [-0.39, 0.29) is 12.2 Å². The van der Waals surface area contributed by atoms with Crippen LogP contribution in [0.4, 0.5) is 5.69 Å². The zero-order valence-corrected chi connectivity index (χ0v) is 12.9. The minimum Gasteiger partial charge on any atom is -0.310 e. The van der Waals surface area contributed by atoms with Crippen molar-refractivity contribution in [2.24, 2.45) is 0 Å². The van der Waals surface area contributed by atoms with E-state index in [1.54, 1.807) is 6.92 Å². The number of H-pyrrole nitrogens is 3. The largest absolute Gasteiger partial charge is 0.325 e. The summed E-state index contributed by atoms with van der Waals surface area (Å²) in [5, 5.41) is 6.87. The molecule has 118 valence electrons. The third-order valence-electron chi connectivity index (χ3n) is 3.63. The molecule has 0 saturated heterocycles. The highest BCUT2D eigenvalue weighted by atomic mass is 32.2. The molecule has 0 fully saturated rings. The fraction of sp³-hybridized carbons (Fsp3) is 0.417. The lowest BCUT2D eigenvalue weighted by molar-refractivity contribution is 0.582. The molecule has 3 heterocycles. The van der Waals surface area contributed by atoms with Crippen LogP contribution in [0, 0.1) is 13.8 Å². The van der Waals surface area contributed by atoms with Gasteiger partial charge in [-0.25, -0.2) is 13.2 Å². The smallest absolute Gasteiger partial charge is 0.310 e. The van der Waals surface area contributed by atoms with Crippen molar-refractivity contribution in [1.29, 1.82) is 0 Å². The molecule has 0 amide bonds. The molecule has 0 spiro atoms. The number of hydrogen-bond acceptors (Lipinski definition) is 5. The molecule has 1 aliphatic rings. The third kappa shape index (κ3) is 2.06. The summed E-state index contributed by atoms with van der Waals surface area (Å²) in [7, 11) is -4.09. The average molecular weight is 325 g/mol. The highest BCUT2D eigenvalue weighted by molar-refractivity contribution is 7.92. The van der Waals surface area contributed by atoms with Crippen molar-refractivity contribution in [2.75, 3.05) is 10.8 Å². The predicted octanol–water partition coefficient (Wildman–Crippen LogP) is -0.455. The van der Waals surface area contributed by atoms with E-state index in [1.807, 2.05) is 4.98 Å². The predicted molar refractivity (Wildman–Crippen MR) is 78.6 cm³/mol. The maximum atomic E-state index is 12.9. The van der Waals surface area contributed by atoms with Crippen molar-refractivity contribution >= 4 is 15.7 Å². The van der Waals surface area contributed by atoms with Gasteiger partial charge in [-0.05, 0) is 26.7 Å². The highest BCUT2D eigenvalue weighted by Gasteiger charge is 2.35. The first-order valence-electron chi connectivity index (χ1n) is 6.72. The number of aryl methyl sites for hydroxylation is 3. The second kappa shape index (κ2) is 4.83. The number of nitrogens with one attached hydrogen (secondary N) is 3. The third-order valence-corrected chi connectivity index (χ3v) is 5.59. The first kappa shape index (κ1) is 14.6. The van der Waals surface area contributed by atoms with Crippen molar-refractivity contribution < 1.29 is 8.42 Å². The molecule has 0 atom stereocenters. The Hall–Kier alpha value is -2.36. The zero-order valence-electron chi connectivity index (χ0n) is 12.1. The Balaban J connectivity index is 2.23. The van der Waals surface area contributed by atoms with Gasteiger partial charge >= 0.3 is 5.69 Å². The molecule has 0 saturated carbocycles. The van der Waals surface area contributed by atoms with Crippen LogP contribution in [-0.2, 0) is 16.4 Å². The van der Waals surface area contributed by atoms with E-state index in [9.17, 15) is 18.0 Å². The van der Waals surface area contributed by atoms with E-state index in [0.717, 1.165) is 0 Å². The molecule has 22 heavy (non-hydrogen) atoms. The lowest BCUT2D eigenvalue weighted by Crippen LogP contribution is -2.40. The molecule has 2 aromatic rings. The standard InChI is InChI=1S/C12H15N5O4S/c1-6-9-8(16-15-6)4-3-5-17(9)22(20,21)10-7(2)13-12(19)14-11(10)18/h3-5H2,1-2H3,(H,15,16)(H2,13,14,18,19). The molecule has 0 unspecified atom stereocenters. The van der Waals surface area contributed by atoms with E-state index >= 15 is 0 Å². The number of aromatic nitrogens is 4. The SMILES string of the molecule is Cc1[nH]nc2c1N(S(=O)(=O)c1c(C)[nH]c(=O)[nH]c1=O)CCC2. The summed E-state index contributed by atoms with van der Waals surface area (Å²) in [6.07, 6.45) is 1.28. The minimum atomic E-state index is -4.09. The Labute approximate surface area is 125 Å². The van der Waals surface area contributed by atoms with E-state index in [0.29, 0.717) is 29.9 Å². The van der Waals surface area contributed by atoms with Crippen molar-refractivity contribution in [3.63, 3.8) is 0 Å². The van der Waals surface area contributed by atoms with Crippen molar-refractivity contribution in [3.8, 4) is 0 Å². The lowest BCUT2D eigenvalue weighted by Gasteiger charge is -2.28. The van der Waals surface area contributed by atoms with Crippen LogP contribution in [0.25, 0.3) is 0 Å². The summed E-state index contributed by atoms with van der Waals surface area (Å²) >= 11 is 0. The fourth-order valence-corrected chi connectivity index (χ4v) is 4.53. The monoisotopic (exact) mass is 325 g/mol. The second-order valence-corrected chi connectivity index (χ2v) is 6.99. The first-order valence-corrected chi connectivity index (χ1v) is 8.16. The second-order valence-electron chi connectivity index (χ2n) is 5.19. The van der Waals surface area contributed by atoms with Crippen LogP contribution in [0.5, 0.6) is 0 Å². The summed E-state index contributed by atoms with van der Waals surface area (Å²) in [5.74, 6) is 0. The van der Waals surface area contributed by atoms with Gasteiger partial charge in [0.15, 0.2) is 4.90 Å². The Morgan fingerprint density at radius 2 is 1.86 bits per heavy atom. The average Bonchev–Trinajstić information content (AvgIpc) is 2.79. The van der Waals surface area contributed by atoms with Gasteiger partial charge in [-0.1, -0.05) is 0 Å². The molecule has 2 aromatic heterocycles. The van der Waals surface area contributed by atoms with Gasteiger partial charge in [0.25, 0.3) is 15.6 Å². The summed E-state index contributed by atoms with van der Waals surface area (Å²) < 4.78 is 27.0. The molecule has 0 aliphatic carbocycles. The molecule has 3 N–H and O–H groups in total. The van der Waals surface area contributed by atoms with Crippen LogP contribution in [0.1, 0.15) is 23.5 Å². The molecular weight excluding hydrogens is 310 g/mol. The van der Waals surface area contributed by atoms with E-state index < -0.39 is 26.2 Å². The van der Waals surface area contributed by atoms with Crippen LogP contribution in [-0.4, -0.2) is 35.1 Å². The van der Waals surface area contributed by atoms with Gasteiger partial charge in [0.1, 0.15) is 0 Å². The molecule has 0 radical (unpaired) electrons. The zero-order chi connectivity index (χ0) is 16.1. The van der Waals surface area contributed by atoms with Crippen molar-refractivity contribution in [2.45, 2.75) is 31.6 Å². The summed E-state index contributed by atoms with van der Waals surface area (Å²) in [5.41, 5.74) is 0.121. The van der Waals surface area contributed by atoms with Crippen LogP contribution in [0.2, 0.25) is 0 Å². The number of sulfonamides is 1. The first-order chi connectivity index (χ1) is 10.3. The molecule has 1 aliphatic heterocycles. The quantitative estimate of drug-likeness (QED) is 0.687. The van der Waals surface area contributed by atoms with Crippen LogP contribution >= 0.6 is 0 Å². The number of nitrogens with zero attached hydrogens (tertiary/aromatic N) is 2. The van der Waals surface area contributed by atoms with Gasteiger partial charge in [0, 0.05) is 12.2 Å². The molecule has 10 heteroatoms. The maximum Gasteiger partial charge on any atom is 0.325 e. The minimum absolute atomic E-state index is 0.0158. The van der Waals surface area contributed by atoms with E-state index in [4.69, 9.17) is 0 Å². The van der Waals surface area contributed by atoms with Gasteiger partial charge in [0.05, 0.1) is 17.1 Å². The van der Waals surface area contributed by atoms with Gasteiger partial charge in [-0.15, -0.1) is 0 Å². The van der Waals surface area contributed by atoms with Gasteiger partial charge < -0.3 is 4.98 Å². The number of rotatable bonds is 2. The topological polar surface area (TPSA) is 132 Å². The maximum absolute atomic E-state index is 12.9. The van der Waals surface area contributed by atoms with Crippen LogP contribution < -0.4 is 15.6 Å².